The molecule has 1 rings (SSSR count). The molecule has 0 unspecified atom stereocenters. The molecule has 0 aliphatic carbocycles. The number of aromatic nitrogens is 1. The van der Waals surface area contributed by atoms with Crippen molar-refractivity contribution < 1.29 is 0 Å². The van der Waals surface area contributed by atoms with Gasteiger partial charge in [-0.15, -0.1) is 11.3 Å². The minimum atomic E-state index is 0.580. The van der Waals surface area contributed by atoms with Crippen LogP contribution in [-0.2, 0) is 6.54 Å². The van der Waals surface area contributed by atoms with E-state index in [0.29, 0.717) is 6.04 Å². The van der Waals surface area contributed by atoms with Crippen LogP contribution in [0.25, 0.3) is 0 Å². The average molecular weight is 277 g/mol. The lowest BCUT2D eigenvalue weighted by Gasteiger charge is -2.24. The number of rotatable bonds is 5. The van der Waals surface area contributed by atoms with Gasteiger partial charge in [0.2, 0.25) is 0 Å². The predicted octanol–water partition coefficient (Wildman–Crippen LogP) is 3.06. The molecule has 0 N–H and O–H groups in total. The van der Waals surface area contributed by atoms with Crippen molar-refractivity contribution in [3.05, 3.63) is 16.1 Å². The van der Waals surface area contributed by atoms with Gasteiger partial charge in [-0.1, -0.05) is 15.9 Å². The van der Waals surface area contributed by atoms with Crippen LogP contribution in [0.2, 0.25) is 0 Å². The summed E-state index contributed by atoms with van der Waals surface area (Å²) < 4.78 is 0. The summed E-state index contributed by atoms with van der Waals surface area (Å²) in [6.45, 7) is 8.55. The molecule has 1 aromatic rings. The van der Waals surface area contributed by atoms with E-state index in [0.717, 1.165) is 24.1 Å². The molecule has 0 aromatic carbocycles. The largest absolute Gasteiger partial charge is 0.293 e. The Balaban J connectivity index is 2.55. The van der Waals surface area contributed by atoms with Crippen molar-refractivity contribution in [3.63, 3.8) is 0 Å². The second-order valence-electron chi connectivity index (χ2n) is 3.64. The molecule has 2 nitrogen and oxygen atoms in total. The first-order valence-electron chi connectivity index (χ1n) is 4.84. The number of halogens is 1. The Bertz CT molecular complexity index is 273. The maximum atomic E-state index is 4.48. The SMILES string of the molecule is Cc1csc(CN(CCBr)C(C)C)n1. The maximum Gasteiger partial charge on any atom is 0.107 e. The fourth-order valence-corrected chi connectivity index (χ4v) is 2.53. The average Bonchev–Trinajstić information content (AvgIpc) is 2.50. The number of thiazole rings is 1. The van der Waals surface area contributed by atoms with Crippen LogP contribution in [0.15, 0.2) is 5.38 Å². The Hall–Kier alpha value is 0.0700. The van der Waals surface area contributed by atoms with Crippen molar-refractivity contribution in [2.24, 2.45) is 0 Å². The fraction of sp³-hybridized carbons (Fsp3) is 0.700. The van der Waals surface area contributed by atoms with E-state index in [9.17, 15) is 0 Å². The molecular formula is C10H17BrN2S. The molecule has 4 heteroatoms. The smallest absolute Gasteiger partial charge is 0.107 e. The van der Waals surface area contributed by atoms with E-state index in [1.54, 1.807) is 11.3 Å². The van der Waals surface area contributed by atoms with Crippen LogP contribution in [0.3, 0.4) is 0 Å². The number of aryl methyl sites for hydroxylation is 1. The van der Waals surface area contributed by atoms with Gasteiger partial charge in [0.1, 0.15) is 5.01 Å². The van der Waals surface area contributed by atoms with Crippen LogP contribution in [0.1, 0.15) is 24.5 Å². The van der Waals surface area contributed by atoms with Crippen molar-refractivity contribution in [1.82, 2.24) is 9.88 Å². The number of alkyl halides is 1. The van der Waals surface area contributed by atoms with Crippen molar-refractivity contribution >= 4 is 27.3 Å². The topological polar surface area (TPSA) is 16.1 Å². The normalized spacial score (nSPS) is 11.6. The summed E-state index contributed by atoms with van der Waals surface area (Å²) in [5.74, 6) is 0. The Morgan fingerprint density at radius 1 is 1.57 bits per heavy atom. The van der Waals surface area contributed by atoms with Crippen LogP contribution in [0.4, 0.5) is 0 Å². The fourth-order valence-electron chi connectivity index (χ4n) is 1.28. The summed E-state index contributed by atoms with van der Waals surface area (Å²) >= 11 is 5.23. The van der Waals surface area contributed by atoms with Crippen LogP contribution in [-0.4, -0.2) is 27.8 Å². The molecule has 0 amide bonds. The van der Waals surface area contributed by atoms with Gasteiger partial charge in [0.05, 0.1) is 6.54 Å². The summed E-state index contributed by atoms with van der Waals surface area (Å²) in [7, 11) is 0. The zero-order valence-corrected chi connectivity index (χ0v) is 11.4. The van der Waals surface area contributed by atoms with Crippen molar-refractivity contribution in [3.8, 4) is 0 Å². The quantitative estimate of drug-likeness (QED) is 0.769. The summed E-state index contributed by atoms with van der Waals surface area (Å²) in [6, 6.07) is 0.580. The van der Waals surface area contributed by atoms with Gasteiger partial charge in [0.25, 0.3) is 0 Å². The monoisotopic (exact) mass is 276 g/mol. The molecule has 0 fully saturated rings. The van der Waals surface area contributed by atoms with Gasteiger partial charge in [-0.25, -0.2) is 4.98 Å². The van der Waals surface area contributed by atoms with E-state index in [2.05, 4.69) is 45.0 Å². The van der Waals surface area contributed by atoms with Gasteiger partial charge in [-0.3, -0.25) is 4.90 Å². The van der Waals surface area contributed by atoms with Crippen molar-refractivity contribution in [1.29, 1.82) is 0 Å². The van der Waals surface area contributed by atoms with Gasteiger partial charge in [-0.05, 0) is 20.8 Å². The third-order valence-corrected chi connectivity index (χ3v) is 3.41. The molecule has 0 aliphatic heterocycles. The lowest BCUT2D eigenvalue weighted by atomic mass is 10.3. The standard InChI is InChI=1S/C10H17BrN2S/c1-8(2)13(5-4-11)6-10-12-9(3)7-14-10/h7-8H,4-6H2,1-3H3. The molecule has 1 heterocycles. The molecule has 0 bridgehead atoms. The molecule has 1 aromatic heterocycles. The first-order valence-corrected chi connectivity index (χ1v) is 6.84. The van der Waals surface area contributed by atoms with Gasteiger partial charge < -0.3 is 0 Å². The Labute approximate surface area is 98.5 Å². The van der Waals surface area contributed by atoms with Crippen LogP contribution in [0, 0.1) is 6.92 Å². The van der Waals surface area contributed by atoms with Gasteiger partial charge >= 0.3 is 0 Å². The molecule has 0 saturated carbocycles. The second-order valence-corrected chi connectivity index (χ2v) is 5.37. The Kier molecular flexibility index (Phi) is 5.06. The molecule has 0 aliphatic rings. The van der Waals surface area contributed by atoms with E-state index in [1.807, 2.05) is 6.92 Å². The molecule has 14 heavy (non-hydrogen) atoms. The third-order valence-electron chi connectivity index (χ3n) is 2.11. The highest BCUT2D eigenvalue weighted by Crippen LogP contribution is 2.13. The summed E-state index contributed by atoms with van der Waals surface area (Å²) in [5.41, 5.74) is 1.13. The molecule has 0 radical (unpaired) electrons. The number of hydrogen-bond donors (Lipinski definition) is 0. The number of hydrogen-bond acceptors (Lipinski definition) is 3. The third kappa shape index (κ3) is 3.67. The Morgan fingerprint density at radius 3 is 2.71 bits per heavy atom. The van der Waals surface area contributed by atoms with E-state index in [-0.39, 0.29) is 0 Å². The molecule has 0 saturated heterocycles. The van der Waals surface area contributed by atoms with Crippen molar-refractivity contribution in [2.75, 3.05) is 11.9 Å². The zero-order valence-electron chi connectivity index (χ0n) is 8.96. The highest BCUT2D eigenvalue weighted by atomic mass is 79.9. The highest BCUT2D eigenvalue weighted by Gasteiger charge is 2.10. The summed E-state index contributed by atoms with van der Waals surface area (Å²) in [4.78, 5) is 6.90. The Morgan fingerprint density at radius 2 is 2.29 bits per heavy atom. The van der Waals surface area contributed by atoms with Gasteiger partial charge in [0, 0.05) is 29.0 Å². The van der Waals surface area contributed by atoms with E-state index in [1.165, 1.54) is 5.01 Å². The lowest BCUT2D eigenvalue weighted by molar-refractivity contribution is 0.227. The zero-order chi connectivity index (χ0) is 10.6. The first-order chi connectivity index (χ1) is 6.63. The molecule has 0 spiro atoms. The van der Waals surface area contributed by atoms with Crippen LogP contribution in [0.5, 0.6) is 0 Å². The minimum Gasteiger partial charge on any atom is -0.293 e. The first kappa shape index (κ1) is 12.1. The lowest BCUT2D eigenvalue weighted by Crippen LogP contribution is -2.31. The van der Waals surface area contributed by atoms with Crippen molar-refractivity contribution in [2.45, 2.75) is 33.4 Å². The minimum absolute atomic E-state index is 0.580. The van der Waals surface area contributed by atoms with E-state index >= 15 is 0 Å². The summed E-state index contributed by atoms with van der Waals surface area (Å²) in [6.07, 6.45) is 0. The van der Waals surface area contributed by atoms with E-state index < -0.39 is 0 Å². The van der Waals surface area contributed by atoms with Gasteiger partial charge in [0.15, 0.2) is 0 Å². The predicted molar refractivity (Wildman–Crippen MR) is 66.2 cm³/mol. The number of nitrogens with zero attached hydrogens (tertiary/aromatic N) is 2. The molecule has 80 valence electrons. The van der Waals surface area contributed by atoms with Crippen LogP contribution < -0.4 is 0 Å². The molecule has 0 atom stereocenters. The van der Waals surface area contributed by atoms with Crippen LogP contribution >= 0.6 is 27.3 Å². The summed E-state index contributed by atoms with van der Waals surface area (Å²) in [5, 5.41) is 4.36. The second kappa shape index (κ2) is 5.83. The van der Waals surface area contributed by atoms with Gasteiger partial charge in [-0.2, -0.15) is 0 Å². The maximum absolute atomic E-state index is 4.48. The highest BCUT2D eigenvalue weighted by molar-refractivity contribution is 9.09. The van der Waals surface area contributed by atoms with E-state index in [4.69, 9.17) is 0 Å². The molecular weight excluding hydrogens is 260 g/mol.